The summed E-state index contributed by atoms with van der Waals surface area (Å²) in [6, 6.07) is 3.57. The van der Waals surface area contributed by atoms with Gasteiger partial charge in [0.1, 0.15) is 56.7 Å². The van der Waals surface area contributed by atoms with Crippen molar-refractivity contribution in [3.63, 3.8) is 0 Å². The molecule has 0 aliphatic heterocycles. The average Bonchev–Trinajstić information content (AvgIpc) is 2.82. The molecule has 0 bridgehead atoms. The van der Waals surface area contributed by atoms with E-state index in [1.54, 1.807) is 12.1 Å². The van der Waals surface area contributed by atoms with Crippen molar-refractivity contribution in [2.75, 3.05) is 0 Å². The molecule has 0 saturated heterocycles. The molecule has 0 fully saturated rings. The zero-order valence-electron chi connectivity index (χ0n) is 38.4. The van der Waals surface area contributed by atoms with E-state index in [0.717, 1.165) is 0 Å². The number of aliphatic hydroxyl groups is 1. The van der Waals surface area contributed by atoms with Crippen molar-refractivity contribution in [3.8, 4) is 46.0 Å². The number of rotatable bonds is 10. The van der Waals surface area contributed by atoms with Crippen molar-refractivity contribution in [1.29, 1.82) is 0 Å². The Kier molecular flexibility index (Phi) is 13.4. The fraction of sp³-hybridized carbons (Fsp3) is 0.733. The predicted molar refractivity (Wildman–Crippen MR) is 220 cm³/mol. The second-order valence-electron chi connectivity index (χ2n) is 22.0. The normalized spacial score (nSPS) is 14.3. The zero-order chi connectivity index (χ0) is 42.4. The van der Waals surface area contributed by atoms with E-state index in [1.165, 1.54) is 0 Å². The lowest BCUT2D eigenvalue weighted by molar-refractivity contribution is 0.0650. The lowest BCUT2D eigenvalue weighted by Gasteiger charge is -2.37. The Morgan fingerprint density at radius 2 is 0.519 bits per heavy atom. The highest BCUT2D eigenvalue weighted by Crippen LogP contribution is 2.58. The number of hydrogen-bond acceptors (Lipinski definition) is 9. The van der Waals surface area contributed by atoms with Gasteiger partial charge in [-0.15, -0.1) is 0 Å². The minimum Gasteiger partial charge on any atom is -0.487 e. The first-order chi connectivity index (χ1) is 23.6. The molecule has 2 aromatic carbocycles. The van der Waals surface area contributed by atoms with Crippen molar-refractivity contribution < 1.29 is 43.0 Å². The monoisotopic (exact) mass is 761 g/mol. The molecule has 0 saturated carbocycles. The van der Waals surface area contributed by atoms with Gasteiger partial charge in [0.15, 0.2) is 34.5 Å². The van der Waals surface area contributed by atoms with Crippen molar-refractivity contribution in [2.45, 2.75) is 217 Å². The van der Waals surface area contributed by atoms with Crippen LogP contribution in [0, 0.1) is 0 Å². The largest absolute Gasteiger partial charge is 0.487 e. The fourth-order valence-electron chi connectivity index (χ4n) is 5.14. The first-order valence-electron chi connectivity index (χ1n) is 19.3. The molecule has 0 heterocycles. The van der Waals surface area contributed by atoms with Gasteiger partial charge in [-0.2, -0.15) is 0 Å². The molecule has 2 rings (SSSR count). The minimum atomic E-state index is -1.51. The second-order valence-corrected chi connectivity index (χ2v) is 22.0. The third kappa shape index (κ3) is 15.5. The van der Waals surface area contributed by atoms with Crippen LogP contribution < -0.4 is 37.9 Å². The van der Waals surface area contributed by atoms with E-state index in [0.29, 0.717) is 45.8 Å². The summed E-state index contributed by atoms with van der Waals surface area (Å²) in [7, 11) is 0. The molecule has 2 aromatic rings. The summed E-state index contributed by atoms with van der Waals surface area (Å²) < 4.78 is 53.9. The molecule has 54 heavy (non-hydrogen) atoms. The highest BCUT2D eigenvalue weighted by atomic mass is 16.6. The summed E-state index contributed by atoms with van der Waals surface area (Å²) in [4.78, 5) is 0. The van der Waals surface area contributed by atoms with Crippen LogP contribution >= 0.6 is 0 Å². The van der Waals surface area contributed by atoms with E-state index >= 15 is 0 Å². The van der Waals surface area contributed by atoms with Crippen LogP contribution in [0.2, 0.25) is 0 Å². The van der Waals surface area contributed by atoms with Gasteiger partial charge < -0.3 is 43.0 Å². The molecule has 0 aromatic heterocycles. The van der Waals surface area contributed by atoms with Gasteiger partial charge in [0.2, 0.25) is 5.75 Å². The third-order valence-electron chi connectivity index (χ3n) is 6.25. The third-order valence-corrected chi connectivity index (χ3v) is 6.25. The number of benzene rings is 2. The maximum atomic E-state index is 13.4. The topological polar surface area (TPSA) is 94.1 Å². The van der Waals surface area contributed by atoms with Crippen LogP contribution in [0.25, 0.3) is 0 Å². The first-order valence-corrected chi connectivity index (χ1v) is 19.3. The van der Waals surface area contributed by atoms with E-state index in [9.17, 15) is 5.11 Å². The van der Waals surface area contributed by atoms with Crippen LogP contribution in [0.5, 0.6) is 46.0 Å². The Morgan fingerprint density at radius 1 is 0.296 bits per heavy atom. The fourth-order valence-corrected chi connectivity index (χ4v) is 5.14. The van der Waals surface area contributed by atoms with Gasteiger partial charge in [-0.1, -0.05) is 0 Å². The van der Waals surface area contributed by atoms with Crippen molar-refractivity contribution in [3.05, 3.63) is 23.3 Å². The van der Waals surface area contributed by atoms with Crippen LogP contribution in [0.1, 0.15) is 183 Å². The SMILES string of the molecule is CC(C)(C)Oc1cc(OC(C)(C)C)c(C(O)c2c(OC(C)(C)C)c(OC(C)(C)C)cc(OC(C)(C)C)c2OC(C)(C)C)c(OC(C)(C)C)c1OC(C)(C)C. The summed E-state index contributed by atoms with van der Waals surface area (Å²) in [6.07, 6.45) is -1.51. The number of ether oxygens (including phenoxy) is 8. The van der Waals surface area contributed by atoms with Gasteiger partial charge in [-0.25, -0.2) is 0 Å². The molecule has 0 radical (unpaired) electrons. The van der Waals surface area contributed by atoms with Gasteiger partial charge >= 0.3 is 0 Å². The van der Waals surface area contributed by atoms with E-state index in [2.05, 4.69) is 0 Å². The van der Waals surface area contributed by atoms with Gasteiger partial charge in [0.25, 0.3) is 0 Å². The molecular formula is C45H76O9. The van der Waals surface area contributed by atoms with Crippen LogP contribution in [-0.4, -0.2) is 49.9 Å². The predicted octanol–water partition coefficient (Wildman–Crippen LogP) is 12.2. The highest BCUT2D eigenvalue weighted by molar-refractivity contribution is 5.69. The van der Waals surface area contributed by atoms with E-state index in [-0.39, 0.29) is 11.3 Å². The Morgan fingerprint density at radius 3 is 0.815 bits per heavy atom. The molecular weight excluding hydrogens is 684 g/mol. The number of hydrogen-bond donors (Lipinski definition) is 1. The Bertz CT molecular complexity index is 1530. The summed E-state index contributed by atoms with van der Waals surface area (Å²) in [5, 5.41) is 13.4. The van der Waals surface area contributed by atoms with Gasteiger partial charge in [0.05, 0.1) is 11.1 Å². The molecule has 1 unspecified atom stereocenters. The van der Waals surface area contributed by atoms with Crippen LogP contribution in [-0.2, 0) is 0 Å². The van der Waals surface area contributed by atoms with E-state index < -0.39 is 50.9 Å². The van der Waals surface area contributed by atoms with Crippen LogP contribution in [0.15, 0.2) is 12.1 Å². The summed E-state index contributed by atoms with van der Waals surface area (Å²) in [5.41, 5.74) is -4.93. The lowest BCUT2D eigenvalue weighted by Crippen LogP contribution is -2.32. The Balaban J connectivity index is 3.54. The van der Waals surface area contributed by atoms with E-state index in [1.807, 2.05) is 166 Å². The molecule has 0 spiro atoms. The molecule has 0 aliphatic rings. The summed E-state index contributed by atoms with van der Waals surface area (Å²) >= 11 is 0. The van der Waals surface area contributed by atoms with Crippen molar-refractivity contribution >= 4 is 0 Å². The Hall–Kier alpha value is -3.20. The average molecular weight is 761 g/mol. The van der Waals surface area contributed by atoms with E-state index in [4.69, 9.17) is 37.9 Å². The number of aliphatic hydroxyl groups excluding tert-OH is 1. The van der Waals surface area contributed by atoms with Crippen LogP contribution in [0.3, 0.4) is 0 Å². The maximum Gasteiger partial charge on any atom is 0.204 e. The Labute approximate surface area is 328 Å². The standard InChI is InChI=1S/C45H76O9/c1-38(2,3)47-27-25-30(50-41(10,11)12)36(53-44(19,20)21)37(54-45(22,23)24)31(27)33(46)32-34(51-42(13,14)15)28(48-39(4,5)6)26-29(49-40(7,8)9)35(32)52-43(16,17)18/h25-26,33,46H,1-24H3. The summed E-state index contributed by atoms with van der Waals surface area (Å²) in [5.74, 6) is 2.67. The molecule has 0 amide bonds. The molecule has 0 aliphatic carbocycles. The highest BCUT2D eigenvalue weighted by Gasteiger charge is 2.41. The lowest BCUT2D eigenvalue weighted by atomic mass is 9.94. The van der Waals surface area contributed by atoms with Gasteiger partial charge in [-0.3, -0.25) is 0 Å². The maximum absolute atomic E-state index is 13.4. The van der Waals surface area contributed by atoms with Gasteiger partial charge in [-0.05, 0) is 166 Å². The minimum absolute atomic E-state index is 0.259. The second kappa shape index (κ2) is 15.4. The first kappa shape index (κ1) is 47.0. The molecule has 1 N–H and O–H groups in total. The zero-order valence-corrected chi connectivity index (χ0v) is 38.4. The smallest absolute Gasteiger partial charge is 0.204 e. The van der Waals surface area contributed by atoms with Crippen molar-refractivity contribution in [1.82, 2.24) is 0 Å². The molecule has 1 atom stereocenters. The quantitative estimate of drug-likeness (QED) is 0.254. The van der Waals surface area contributed by atoms with Crippen molar-refractivity contribution in [2.24, 2.45) is 0 Å². The van der Waals surface area contributed by atoms with Gasteiger partial charge in [0, 0.05) is 12.1 Å². The molecule has 310 valence electrons. The summed E-state index contributed by atoms with van der Waals surface area (Å²) in [6.45, 7) is 46.9. The molecule has 9 heteroatoms. The molecule has 9 nitrogen and oxygen atoms in total. The van der Waals surface area contributed by atoms with Crippen LogP contribution in [0.4, 0.5) is 0 Å².